The predicted octanol–water partition coefficient (Wildman–Crippen LogP) is 6.81. The van der Waals surface area contributed by atoms with Crippen LogP contribution in [-0.4, -0.2) is 73.6 Å². The Morgan fingerprint density at radius 3 is 1.96 bits per heavy atom. The Hall–Kier alpha value is -5.03. The summed E-state index contributed by atoms with van der Waals surface area (Å²) >= 11 is 0. The highest BCUT2D eigenvalue weighted by molar-refractivity contribution is 5.72. The fraction of sp³-hybridized carbons (Fsp3) is 0.455. The van der Waals surface area contributed by atoms with E-state index in [9.17, 15) is 71.1 Å². The van der Waals surface area contributed by atoms with Crippen molar-refractivity contribution in [1.82, 2.24) is 39.9 Å². The van der Waals surface area contributed by atoms with Crippen molar-refractivity contribution in [3.63, 3.8) is 0 Å². The summed E-state index contributed by atoms with van der Waals surface area (Å²) in [5.74, 6) is -14.7. The molecule has 3 aromatic rings. The molecule has 1 aliphatic heterocycles. The number of hydrogen-bond donors (Lipinski definition) is 2. The van der Waals surface area contributed by atoms with Crippen molar-refractivity contribution >= 4 is 11.5 Å². The number of nitriles is 1. The molecule has 1 aliphatic rings. The molecule has 0 amide bonds. The number of hydrogen-bond acceptors (Lipinski definition) is 9. The lowest BCUT2D eigenvalue weighted by Gasteiger charge is -2.37. The van der Waals surface area contributed by atoms with E-state index < -0.39 is 123 Å². The van der Waals surface area contributed by atoms with Gasteiger partial charge < -0.3 is 9.47 Å². The van der Waals surface area contributed by atoms with E-state index in [-0.39, 0.29) is 6.20 Å². The van der Waals surface area contributed by atoms with Crippen molar-refractivity contribution in [2.75, 3.05) is 0 Å². The van der Waals surface area contributed by atoms with E-state index in [1.54, 1.807) is 0 Å². The van der Waals surface area contributed by atoms with Crippen LogP contribution in [0.1, 0.15) is 17.8 Å². The molecule has 0 spiro atoms. The Kier molecular flexibility index (Phi) is 10.6. The fourth-order valence-corrected chi connectivity index (χ4v) is 4.70. The van der Waals surface area contributed by atoms with Gasteiger partial charge in [-0.3, -0.25) is 4.74 Å². The first-order valence-corrected chi connectivity index (χ1v) is 13.1. The van der Waals surface area contributed by atoms with E-state index in [4.69, 9.17) is 0 Å². The van der Waals surface area contributed by atoms with Gasteiger partial charge in [-0.05, 0) is 10.8 Å². The van der Waals surface area contributed by atoms with Crippen LogP contribution >= 0.6 is 0 Å². The molecular weight excluding hydrogens is 815 g/mol. The third kappa shape index (κ3) is 7.78. The first kappa shape index (κ1) is 41.7. The molecule has 4 rings (SSSR count). The number of alkyl halides is 19. The second kappa shape index (κ2) is 13.7. The molecule has 13 nitrogen and oxygen atoms in total. The van der Waals surface area contributed by atoms with E-state index in [1.165, 1.54) is 0 Å². The quantitative estimate of drug-likeness (QED) is 0.141. The molecular formula is C22H11F19N9O4+. The van der Waals surface area contributed by atoms with Crippen molar-refractivity contribution in [1.29, 1.82) is 5.26 Å². The second-order valence-corrected chi connectivity index (χ2v) is 9.91. The van der Waals surface area contributed by atoms with Crippen LogP contribution in [0.5, 0.6) is 11.6 Å². The number of aromatic nitrogens is 6. The molecule has 300 valence electrons. The summed E-state index contributed by atoms with van der Waals surface area (Å²) in [5.41, 5.74) is -16.3. The normalized spacial score (nSPS) is 20.5. The highest BCUT2D eigenvalue weighted by Gasteiger charge is 2.80. The first-order chi connectivity index (χ1) is 24.5. The molecule has 2 atom stereocenters. The number of quaternary nitrogens is 1. The van der Waals surface area contributed by atoms with Gasteiger partial charge in [0.1, 0.15) is 6.07 Å². The minimum atomic E-state index is -7.46. The Morgan fingerprint density at radius 1 is 0.889 bits per heavy atom. The fourth-order valence-electron chi connectivity index (χ4n) is 4.70. The zero-order valence-electron chi connectivity index (χ0n) is 24.7. The van der Waals surface area contributed by atoms with Crippen LogP contribution in [0.2, 0.25) is 0 Å². The van der Waals surface area contributed by atoms with Crippen LogP contribution < -0.4 is 19.7 Å². The maximum Gasteiger partial charge on any atom is 0.516 e. The maximum atomic E-state index is 16.1. The third-order valence-corrected chi connectivity index (χ3v) is 6.39. The Balaban J connectivity index is 2.43. The lowest BCUT2D eigenvalue weighted by molar-refractivity contribution is -0.417. The molecule has 0 aliphatic carbocycles. The summed E-state index contributed by atoms with van der Waals surface area (Å²) in [4.78, 5) is 4.09. The van der Waals surface area contributed by atoms with Crippen molar-refractivity contribution in [2.24, 2.45) is 0 Å². The summed E-state index contributed by atoms with van der Waals surface area (Å²) in [6.07, 6.45) is -28.7. The minimum absolute atomic E-state index is 0.0827. The molecule has 0 radical (unpaired) electrons. The average Bonchev–Trinajstić information content (AvgIpc) is 3.76. The highest BCUT2D eigenvalue weighted by Crippen LogP contribution is 2.59. The number of rotatable bonds is 13. The minimum Gasteiger partial charge on any atom is -0.423 e. The van der Waals surface area contributed by atoms with Crippen LogP contribution in [0.15, 0.2) is 30.2 Å². The molecule has 0 saturated carbocycles. The van der Waals surface area contributed by atoms with Gasteiger partial charge in [-0.25, -0.2) is 5.10 Å². The topological polar surface area (TPSA) is 137 Å². The largest absolute Gasteiger partial charge is 0.516 e. The predicted molar refractivity (Wildman–Crippen MR) is 127 cm³/mol. The average molecular weight is 826 g/mol. The number of allylic oxidation sites excluding steroid dienone is 1. The molecule has 54 heavy (non-hydrogen) atoms. The van der Waals surface area contributed by atoms with Gasteiger partial charge >= 0.3 is 56.3 Å². The third-order valence-electron chi connectivity index (χ3n) is 6.39. The number of H-pyrrole nitrogens is 1. The van der Waals surface area contributed by atoms with Crippen LogP contribution in [-0.2, 0) is 22.0 Å². The van der Waals surface area contributed by atoms with E-state index >= 15 is 17.6 Å². The molecule has 0 saturated heterocycles. The van der Waals surface area contributed by atoms with Crippen LogP contribution in [0.25, 0.3) is 5.70 Å². The van der Waals surface area contributed by atoms with Crippen LogP contribution in [0, 0.1) is 11.3 Å². The summed E-state index contributed by atoms with van der Waals surface area (Å²) in [7, 11) is 0. The summed E-state index contributed by atoms with van der Waals surface area (Å²) in [6.45, 7) is -13.9. The van der Waals surface area contributed by atoms with Gasteiger partial charge in [0.2, 0.25) is 17.3 Å². The second-order valence-electron chi connectivity index (χ2n) is 9.91. The zero-order valence-corrected chi connectivity index (χ0v) is 24.7. The van der Waals surface area contributed by atoms with Crippen LogP contribution in [0.3, 0.4) is 0 Å². The van der Waals surface area contributed by atoms with Gasteiger partial charge in [0.15, 0.2) is 11.4 Å². The molecule has 0 bridgehead atoms. The van der Waals surface area contributed by atoms with Gasteiger partial charge in [0, 0.05) is 18.5 Å². The van der Waals surface area contributed by atoms with Crippen molar-refractivity contribution in [3.8, 4) is 17.7 Å². The maximum absolute atomic E-state index is 16.1. The monoisotopic (exact) mass is 826 g/mol. The zero-order chi connectivity index (χ0) is 41.0. The number of halogens is 19. The molecule has 4 heterocycles. The van der Waals surface area contributed by atoms with Crippen molar-refractivity contribution in [2.45, 2.75) is 62.7 Å². The van der Waals surface area contributed by atoms with E-state index in [0.717, 1.165) is 11.2 Å². The number of nitrogens with zero attached hydrogens (tertiary/aromatic N) is 7. The summed E-state index contributed by atoms with van der Waals surface area (Å²) in [5, 5.41) is 18.4. The van der Waals surface area contributed by atoms with Crippen LogP contribution in [0.4, 0.5) is 89.2 Å². The van der Waals surface area contributed by atoms with Gasteiger partial charge in [0.05, 0.1) is 6.42 Å². The molecule has 0 aromatic carbocycles. The Labute approximate surface area is 282 Å². The first-order valence-electron chi connectivity index (χ1n) is 13.1. The Morgan fingerprint density at radius 2 is 1.50 bits per heavy atom. The van der Waals surface area contributed by atoms with Crippen molar-refractivity contribution in [3.05, 3.63) is 41.6 Å². The molecule has 0 unspecified atom stereocenters. The van der Waals surface area contributed by atoms with E-state index in [2.05, 4.69) is 34.3 Å². The molecule has 0 fully saturated rings. The van der Waals surface area contributed by atoms with E-state index in [0.29, 0.717) is 17.7 Å². The number of nitrogens with one attached hydrogen (secondary N) is 2. The number of ether oxygens (including phenoxy) is 3. The Bertz CT molecular complexity index is 1880. The van der Waals surface area contributed by atoms with Crippen molar-refractivity contribution < 1.29 is 102 Å². The number of hydroxylamine groups is 1. The lowest BCUT2D eigenvalue weighted by atomic mass is 10.0. The molecule has 2 N–H and O–H groups in total. The van der Waals surface area contributed by atoms with E-state index in [1.807, 2.05) is 0 Å². The highest BCUT2D eigenvalue weighted by atomic mass is 19.4. The molecule has 3 aromatic heterocycles. The summed E-state index contributed by atoms with van der Waals surface area (Å²) < 4.78 is 277. The van der Waals surface area contributed by atoms with Gasteiger partial charge in [-0.2, -0.15) is 105 Å². The number of aromatic amines is 1. The smallest absolute Gasteiger partial charge is 0.423 e. The van der Waals surface area contributed by atoms with Gasteiger partial charge in [-0.15, -0.1) is 8.78 Å². The SMILES string of the molecule is N#Cc1n[nH]c([N@+]2(OC(F)(F)n3cccn3)N[C@@](CC(F)(F)F)(OC(F)F)C(n3nc(C(F)(F)F)cc3OC(F)F)=C2C(F)(F)C(F)(F)F)c1OC(F)F. The summed E-state index contributed by atoms with van der Waals surface area (Å²) in [6, 6.07) is 0.537. The molecule has 32 heteroatoms. The lowest BCUT2D eigenvalue weighted by Crippen LogP contribution is -2.68. The van der Waals surface area contributed by atoms with Gasteiger partial charge in [-0.1, -0.05) is 10.3 Å². The standard InChI is InChI=1S/C22H11F19N9O4/c23-14(24)51-9-4-8(20(34,35)36)46-49(9)11-12(19(32,33)21(37,38)39)50(54-22(40,41)48-3-1-2-43-48,13-10(52-15(25)26)7(5-42)44-45-13)47-17(11,53-16(27)28)6-18(29,30)31/h1-4,14-16,47H,6H2,(H,44,45)/q+1/t17-,50-/m0/s1. The van der Waals surface area contributed by atoms with Gasteiger partial charge in [0.25, 0.3) is 11.4 Å².